The van der Waals surface area contributed by atoms with Gasteiger partial charge in [0.25, 0.3) is 0 Å². The molecule has 0 aliphatic carbocycles. The van der Waals surface area contributed by atoms with Crippen molar-refractivity contribution in [1.82, 2.24) is 0 Å². The molecular weight excluding hydrogens is 263 g/mol. The molecule has 1 aromatic carbocycles. The van der Waals surface area contributed by atoms with Crippen molar-refractivity contribution in [3.05, 3.63) is 45.4 Å². The van der Waals surface area contributed by atoms with E-state index in [1.54, 1.807) is 18.2 Å². The average Bonchev–Trinajstić information content (AvgIpc) is 2.08. The van der Waals surface area contributed by atoms with Crippen molar-refractivity contribution in [2.75, 3.05) is 0 Å². The van der Waals surface area contributed by atoms with Crippen LogP contribution in [-0.2, 0) is 0 Å². The van der Waals surface area contributed by atoms with Gasteiger partial charge in [-0.25, -0.2) is 0 Å². The van der Waals surface area contributed by atoms with E-state index in [0.29, 0.717) is 17.0 Å². The largest absolute Gasteiger partial charge is 0.294 e. The average molecular weight is 274 g/mol. The fourth-order valence-corrected chi connectivity index (χ4v) is 1.47. The maximum atomic E-state index is 11.6. The molecule has 0 radical (unpaired) electrons. The van der Waals surface area contributed by atoms with Crippen molar-refractivity contribution in [1.29, 1.82) is 0 Å². The molecule has 0 bridgehead atoms. The van der Waals surface area contributed by atoms with Gasteiger partial charge in [0, 0.05) is 16.5 Å². The van der Waals surface area contributed by atoms with Crippen LogP contribution in [0.5, 0.6) is 0 Å². The van der Waals surface area contributed by atoms with Crippen LogP contribution in [0.2, 0.25) is 5.02 Å². The molecule has 0 atom stereocenters. The molecule has 0 amide bonds. The predicted octanol–water partition coefficient (Wildman–Crippen LogP) is 4.25. The summed E-state index contributed by atoms with van der Waals surface area (Å²) < 4.78 is 0.797. The maximum absolute atomic E-state index is 11.6. The molecule has 1 aromatic rings. The first-order valence-corrected chi connectivity index (χ1v) is 5.30. The lowest BCUT2D eigenvalue weighted by Crippen LogP contribution is -1.98. The van der Waals surface area contributed by atoms with Gasteiger partial charge < -0.3 is 0 Å². The third-order valence-corrected chi connectivity index (χ3v) is 2.94. The first-order chi connectivity index (χ1) is 6.50. The third-order valence-electron chi connectivity index (χ3n) is 1.70. The molecule has 0 heterocycles. The topological polar surface area (TPSA) is 17.1 Å². The Morgan fingerprint density at radius 1 is 1.57 bits per heavy atom. The molecule has 1 rings (SSSR count). The van der Waals surface area contributed by atoms with Gasteiger partial charge in [-0.3, -0.25) is 4.79 Å². The highest BCUT2D eigenvalue weighted by Crippen LogP contribution is 2.24. The molecule has 0 N–H and O–H groups in total. The number of benzene rings is 1. The lowest BCUT2D eigenvalue weighted by molar-refractivity contribution is 0.0993. The molecular formula is C11H10BrClO. The number of carbonyl (C=O) groups is 1. The normalized spacial score (nSPS) is 9.93. The van der Waals surface area contributed by atoms with Gasteiger partial charge in [-0.15, -0.1) is 0 Å². The van der Waals surface area contributed by atoms with Crippen LogP contribution in [0.1, 0.15) is 23.7 Å². The summed E-state index contributed by atoms with van der Waals surface area (Å²) in [5.41, 5.74) is 1.48. The molecule has 74 valence electrons. The summed E-state index contributed by atoms with van der Waals surface area (Å²) in [6.45, 7) is 5.53. The minimum atomic E-state index is 0.0481. The van der Waals surface area contributed by atoms with E-state index in [-0.39, 0.29) is 5.78 Å². The molecule has 0 aromatic heterocycles. The van der Waals surface area contributed by atoms with Gasteiger partial charge in [0.15, 0.2) is 5.78 Å². The second-order valence-electron chi connectivity index (χ2n) is 3.19. The Bertz CT molecular complexity index is 385. The van der Waals surface area contributed by atoms with Crippen LogP contribution in [-0.4, -0.2) is 5.78 Å². The SMILES string of the molecule is C=C(C)CC(=O)c1ccc(Br)c(Cl)c1. The monoisotopic (exact) mass is 272 g/mol. The van der Waals surface area contributed by atoms with Crippen molar-refractivity contribution in [2.24, 2.45) is 0 Å². The van der Waals surface area contributed by atoms with E-state index in [1.807, 2.05) is 6.92 Å². The second-order valence-corrected chi connectivity index (χ2v) is 4.45. The van der Waals surface area contributed by atoms with Crippen LogP contribution in [0.15, 0.2) is 34.8 Å². The molecule has 0 spiro atoms. The van der Waals surface area contributed by atoms with Crippen molar-refractivity contribution >= 4 is 33.3 Å². The highest BCUT2D eigenvalue weighted by Gasteiger charge is 2.07. The van der Waals surface area contributed by atoms with E-state index in [1.165, 1.54) is 0 Å². The van der Waals surface area contributed by atoms with Gasteiger partial charge in [-0.2, -0.15) is 0 Å². The Labute approximate surface area is 96.9 Å². The smallest absolute Gasteiger partial charge is 0.166 e. The zero-order valence-electron chi connectivity index (χ0n) is 7.81. The summed E-state index contributed by atoms with van der Waals surface area (Å²) in [4.78, 5) is 11.6. The Kier molecular flexibility index (Phi) is 3.90. The van der Waals surface area contributed by atoms with Crippen LogP contribution in [0, 0.1) is 0 Å². The Morgan fingerprint density at radius 2 is 2.21 bits per heavy atom. The Balaban J connectivity index is 2.91. The molecule has 0 saturated carbocycles. The van der Waals surface area contributed by atoms with Crippen LogP contribution < -0.4 is 0 Å². The van der Waals surface area contributed by atoms with Crippen LogP contribution in [0.25, 0.3) is 0 Å². The van der Waals surface area contributed by atoms with E-state index in [2.05, 4.69) is 22.5 Å². The first kappa shape index (κ1) is 11.5. The third kappa shape index (κ3) is 2.96. The molecule has 0 saturated heterocycles. The molecule has 14 heavy (non-hydrogen) atoms. The standard InChI is InChI=1S/C11H10BrClO/c1-7(2)5-11(14)8-3-4-9(12)10(13)6-8/h3-4,6H,1,5H2,2H3. The number of carbonyl (C=O) groups excluding carboxylic acids is 1. The minimum Gasteiger partial charge on any atom is -0.294 e. The summed E-state index contributed by atoms with van der Waals surface area (Å²) in [6.07, 6.45) is 0.373. The fourth-order valence-electron chi connectivity index (χ4n) is 1.05. The van der Waals surface area contributed by atoms with Crippen molar-refractivity contribution in [2.45, 2.75) is 13.3 Å². The molecule has 0 aliphatic heterocycles. The van der Waals surface area contributed by atoms with Crippen molar-refractivity contribution in [3.63, 3.8) is 0 Å². The van der Waals surface area contributed by atoms with Crippen LogP contribution in [0.4, 0.5) is 0 Å². The highest BCUT2D eigenvalue weighted by molar-refractivity contribution is 9.10. The summed E-state index contributed by atoms with van der Waals surface area (Å²) in [7, 11) is 0. The lowest BCUT2D eigenvalue weighted by Gasteiger charge is -2.02. The molecule has 0 fully saturated rings. The van der Waals surface area contributed by atoms with E-state index in [4.69, 9.17) is 11.6 Å². The molecule has 3 heteroatoms. The maximum Gasteiger partial charge on any atom is 0.166 e. The summed E-state index contributed by atoms with van der Waals surface area (Å²) in [6, 6.07) is 5.19. The van der Waals surface area contributed by atoms with E-state index >= 15 is 0 Å². The highest BCUT2D eigenvalue weighted by atomic mass is 79.9. The second kappa shape index (κ2) is 4.76. The lowest BCUT2D eigenvalue weighted by atomic mass is 10.1. The predicted molar refractivity (Wildman–Crippen MR) is 62.9 cm³/mol. The minimum absolute atomic E-state index is 0.0481. The number of rotatable bonds is 3. The van der Waals surface area contributed by atoms with Gasteiger partial charge in [0.2, 0.25) is 0 Å². The summed E-state index contributed by atoms with van der Waals surface area (Å²) in [5.74, 6) is 0.0481. The molecule has 0 aliphatic rings. The summed E-state index contributed by atoms with van der Waals surface area (Å²) >= 11 is 9.14. The number of halogens is 2. The Hall–Kier alpha value is -0.600. The number of allylic oxidation sites excluding steroid dienone is 1. The van der Waals surface area contributed by atoms with Crippen LogP contribution >= 0.6 is 27.5 Å². The number of ketones is 1. The van der Waals surface area contributed by atoms with E-state index in [0.717, 1.165) is 10.0 Å². The molecule has 1 nitrogen and oxygen atoms in total. The van der Waals surface area contributed by atoms with Crippen LogP contribution in [0.3, 0.4) is 0 Å². The van der Waals surface area contributed by atoms with Gasteiger partial charge in [-0.05, 0) is 35.0 Å². The Morgan fingerprint density at radius 3 is 2.71 bits per heavy atom. The van der Waals surface area contributed by atoms with Gasteiger partial charge in [0.1, 0.15) is 0 Å². The van der Waals surface area contributed by atoms with Gasteiger partial charge in [0.05, 0.1) is 5.02 Å². The van der Waals surface area contributed by atoms with Gasteiger partial charge >= 0.3 is 0 Å². The van der Waals surface area contributed by atoms with Crippen molar-refractivity contribution < 1.29 is 4.79 Å². The zero-order valence-corrected chi connectivity index (χ0v) is 10.2. The first-order valence-electron chi connectivity index (χ1n) is 4.13. The van der Waals surface area contributed by atoms with E-state index in [9.17, 15) is 4.79 Å². The summed E-state index contributed by atoms with van der Waals surface area (Å²) in [5, 5.41) is 0.553. The molecule has 0 unspecified atom stereocenters. The zero-order chi connectivity index (χ0) is 10.7. The number of hydrogen-bond donors (Lipinski definition) is 0. The number of hydrogen-bond acceptors (Lipinski definition) is 1. The fraction of sp³-hybridized carbons (Fsp3) is 0.182. The number of Topliss-reactive ketones (excluding diaryl/α,β-unsaturated/α-hetero) is 1. The quantitative estimate of drug-likeness (QED) is 0.594. The van der Waals surface area contributed by atoms with E-state index < -0.39 is 0 Å². The van der Waals surface area contributed by atoms with Crippen molar-refractivity contribution in [3.8, 4) is 0 Å². The van der Waals surface area contributed by atoms with Gasteiger partial charge in [-0.1, -0.05) is 29.8 Å².